The summed E-state index contributed by atoms with van der Waals surface area (Å²) < 4.78 is 11.2. The molecule has 1 aliphatic rings. The van der Waals surface area contributed by atoms with Crippen LogP contribution in [0.4, 0.5) is 0 Å². The summed E-state index contributed by atoms with van der Waals surface area (Å²) in [5, 5.41) is 7.14. The predicted octanol–water partition coefficient (Wildman–Crippen LogP) is 1.79. The Morgan fingerprint density at radius 1 is 1.62 bits per heavy atom. The minimum Gasteiger partial charge on any atom is -0.376 e. The third kappa shape index (κ3) is 2.83. The van der Waals surface area contributed by atoms with Gasteiger partial charge in [-0.25, -0.2) is 0 Å². The van der Waals surface area contributed by atoms with Crippen molar-refractivity contribution in [2.24, 2.45) is 5.92 Å². The van der Waals surface area contributed by atoms with Crippen molar-refractivity contribution in [3.8, 4) is 0 Å². The summed E-state index contributed by atoms with van der Waals surface area (Å²) in [4.78, 5) is 0. The second-order valence-electron chi connectivity index (χ2n) is 4.78. The van der Waals surface area contributed by atoms with Crippen LogP contribution >= 0.6 is 0 Å². The van der Waals surface area contributed by atoms with Crippen LogP contribution in [0.25, 0.3) is 0 Å². The van der Waals surface area contributed by atoms with E-state index in [0.717, 1.165) is 31.9 Å². The quantitative estimate of drug-likeness (QED) is 0.847. The van der Waals surface area contributed by atoms with E-state index < -0.39 is 0 Å². The van der Waals surface area contributed by atoms with Crippen LogP contribution in [0.2, 0.25) is 0 Å². The molecule has 0 aliphatic carbocycles. The van der Waals surface area contributed by atoms with Gasteiger partial charge in [0.1, 0.15) is 5.76 Å². The standard InChI is InChI=1S/C12H20N2O2/c1-9(2)8-15-12-7-13-5-3-10(12)11-4-6-14-16-11/h4,6,9-10,12-13H,3,5,7-8H2,1-2H3/t10?,12-/m1/s1. The number of piperidine rings is 1. The van der Waals surface area contributed by atoms with Gasteiger partial charge in [0.15, 0.2) is 0 Å². The van der Waals surface area contributed by atoms with Crippen molar-refractivity contribution >= 4 is 0 Å². The first-order valence-corrected chi connectivity index (χ1v) is 6.00. The van der Waals surface area contributed by atoms with Gasteiger partial charge in [-0.2, -0.15) is 0 Å². The van der Waals surface area contributed by atoms with Crippen LogP contribution in [0.15, 0.2) is 16.8 Å². The lowest BCUT2D eigenvalue weighted by Gasteiger charge is -2.30. The number of aromatic nitrogens is 1. The Morgan fingerprint density at radius 3 is 3.19 bits per heavy atom. The fourth-order valence-corrected chi connectivity index (χ4v) is 2.06. The molecule has 0 aromatic carbocycles. The molecule has 2 rings (SSSR count). The summed E-state index contributed by atoms with van der Waals surface area (Å²) in [6.07, 6.45) is 2.97. The van der Waals surface area contributed by atoms with Gasteiger partial charge in [-0.3, -0.25) is 0 Å². The van der Waals surface area contributed by atoms with Crippen LogP contribution in [-0.2, 0) is 4.74 Å². The Hall–Kier alpha value is -0.870. The molecule has 1 saturated heterocycles. The van der Waals surface area contributed by atoms with Gasteiger partial charge in [-0.15, -0.1) is 0 Å². The molecule has 0 bridgehead atoms. The van der Waals surface area contributed by atoms with Crippen molar-refractivity contribution in [1.82, 2.24) is 10.5 Å². The maximum absolute atomic E-state index is 5.93. The van der Waals surface area contributed by atoms with E-state index in [9.17, 15) is 0 Å². The zero-order chi connectivity index (χ0) is 11.4. The van der Waals surface area contributed by atoms with Crippen molar-refractivity contribution in [3.63, 3.8) is 0 Å². The lowest BCUT2D eigenvalue weighted by atomic mass is 9.92. The molecular formula is C12H20N2O2. The van der Waals surface area contributed by atoms with Gasteiger partial charge in [-0.05, 0) is 18.9 Å². The smallest absolute Gasteiger partial charge is 0.142 e. The molecule has 2 atom stereocenters. The second kappa shape index (κ2) is 5.46. The minimum atomic E-state index is 0.212. The van der Waals surface area contributed by atoms with Crippen LogP contribution in [0, 0.1) is 5.92 Å². The van der Waals surface area contributed by atoms with Gasteiger partial charge >= 0.3 is 0 Å². The molecule has 2 heterocycles. The Morgan fingerprint density at radius 2 is 2.50 bits per heavy atom. The van der Waals surface area contributed by atoms with Crippen LogP contribution < -0.4 is 5.32 Å². The highest BCUT2D eigenvalue weighted by atomic mass is 16.5. The highest BCUT2D eigenvalue weighted by molar-refractivity contribution is 5.06. The van der Waals surface area contributed by atoms with E-state index >= 15 is 0 Å². The van der Waals surface area contributed by atoms with Crippen LogP contribution in [0.1, 0.15) is 31.9 Å². The average molecular weight is 224 g/mol. The molecule has 4 nitrogen and oxygen atoms in total. The molecule has 90 valence electrons. The van der Waals surface area contributed by atoms with Crippen molar-refractivity contribution in [2.45, 2.75) is 32.3 Å². The molecule has 0 saturated carbocycles. The topological polar surface area (TPSA) is 47.3 Å². The molecule has 0 amide bonds. The average Bonchev–Trinajstić information content (AvgIpc) is 2.80. The predicted molar refractivity (Wildman–Crippen MR) is 61.3 cm³/mol. The molecule has 1 fully saturated rings. The number of nitrogens with zero attached hydrogens (tertiary/aromatic N) is 1. The fraction of sp³-hybridized carbons (Fsp3) is 0.750. The van der Waals surface area contributed by atoms with E-state index in [1.54, 1.807) is 6.20 Å². The van der Waals surface area contributed by atoms with Gasteiger partial charge < -0.3 is 14.6 Å². The van der Waals surface area contributed by atoms with E-state index in [2.05, 4.69) is 24.3 Å². The maximum Gasteiger partial charge on any atom is 0.142 e. The summed E-state index contributed by atoms with van der Waals surface area (Å²) in [5.74, 6) is 1.87. The highest BCUT2D eigenvalue weighted by Crippen LogP contribution is 2.27. The van der Waals surface area contributed by atoms with E-state index in [0.29, 0.717) is 11.8 Å². The summed E-state index contributed by atoms with van der Waals surface area (Å²) >= 11 is 0. The minimum absolute atomic E-state index is 0.212. The summed E-state index contributed by atoms with van der Waals surface area (Å²) in [7, 11) is 0. The first kappa shape index (κ1) is 11.6. The molecule has 1 unspecified atom stereocenters. The first-order valence-electron chi connectivity index (χ1n) is 6.00. The Labute approximate surface area is 96.3 Å². The Kier molecular flexibility index (Phi) is 3.96. The number of ether oxygens (including phenoxy) is 1. The molecular weight excluding hydrogens is 204 g/mol. The number of hydrogen-bond donors (Lipinski definition) is 1. The van der Waals surface area contributed by atoms with Crippen LogP contribution in [0.3, 0.4) is 0 Å². The third-order valence-electron chi connectivity index (χ3n) is 2.89. The molecule has 1 aromatic heterocycles. The lowest BCUT2D eigenvalue weighted by molar-refractivity contribution is 0.00219. The van der Waals surface area contributed by atoms with E-state index in [1.807, 2.05) is 6.07 Å². The Bertz CT molecular complexity index is 298. The summed E-state index contributed by atoms with van der Waals surface area (Å²) in [6.45, 7) is 7.06. The highest BCUT2D eigenvalue weighted by Gasteiger charge is 2.29. The van der Waals surface area contributed by atoms with Crippen molar-refractivity contribution < 1.29 is 9.26 Å². The molecule has 1 aromatic rings. The van der Waals surface area contributed by atoms with E-state index in [4.69, 9.17) is 9.26 Å². The first-order chi connectivity index (χ1) is 7.77. The maximum atomic E-state index is 5.93. The van der Waals surface area contributed by atoms with Gasteiger partial charge in [0.05, 0.1) is 12.3 Å². The molecule has 16 heavy (non-hydrogen) atoms. The van der Waals surface area contributed by atoms with Gasteiger partial charge in [0, 0.05) is 25.1 Å². The molecule has 4 heteroatoms. The number of rotatable bonds is 4. The molecule has 1 N–H and O–H groups in total. The monoisotopic (exact) mass is 224 g/mol. The number of hydrogen-bond acceptors (Lipinski definition) is 4. The molecule has 0 spiro atoms. The number of nitrogens with one attached hydrogen (secondary N) is 1. The van der Waals surface area contributed by atoms with Crippen LogP contribution in [0.5, 0.6) is 0 Å². The van der Waals surface area contributed by atoms with Gasteiger partial charge in [-0.1, -0.05) is 19.0 Å². The van der Waals surface area contributed by atoms with Crippen molar-refractivity contribution in [1.29, 1.82) is 0 Å². The zero-order valence-corrected chi connectivity index (χ0v) is 9.98. The van der Waals surface area contributed by atoms with Gasteiger partial charge in [0.2, 0.25) is 0 Å². The largest absolute Gasteiger partial charge is 0.376 e. The Balaban J connectivity index is 1.97. The summed E-state index contributed by atoms with van der Waals surface area (Å²) in [6, 6.07) is 1.95. The van der Waals surface area contributed by atoms with Gasteiger partial charge in [0.25, 0.3) is 0 Å². The fourth-order valence-electron chi connectivity index (χ4n) is 2.06. The SMILES string of the molecule is CC(C)CO[C@@H]1CNCCC1c1ccno1. The third-order valence-corrected chi connectivity index (χ3v) is 2.89. The normalized spacial score (nSPS) is 26.2. The molecule has 1 aliphatic heterocycles. The van der Waals surface area contributed by atoms with Crippen molar-refractivity contribution in [2.75, 3.05) is 19.7 Å². The zero-order valence-electron chi connectivity index (χ0n) is 9.98. The van der Waals surface area contributed by atoms with E-state index in [1.165, 1.54) is 0 Å². The second-order valence-corrected chi connectivity index (χ2v) is 4.78. The van der Waals surface area contributed by atoms with E-state index in [-0.39, 0.29) is 6.10 Å². The van der Waals surface area contributed by atoms with Crippen LogP contribution in [-0.4, -0.2) is 31.0 Å². The summed E-state index contributed by atoms with van der Waals surface area (Å²) in [5.41, 5.74) is 0. The molecule has 0 radical (unpaired) electrons. The lowest BCUT2D eigenvalue weighted by Crippen LogP contribution is -2.41. The van der Waals surface area contributed by atoms with Crippen molar-refractivity contribution in [3.05, 3.63) is 18.0 Å².